The van der Waals surface area contributed by atoms with Gasteiger partial charge in [0.25, 0.3) is 0 Å². The van der Waals surface area contributed by atoms with Gasteiger partial charge in [0, 0.05) is 25.2 Å². The Morgan fingerprint density at radius 1 is 1.21 bits per heavy atom. The highest BCUT2D eigenvalue weighted by Crippen LogP contribution is 2.32. The Morgan fingerprint density at radius 2 is 1.96 bits per heavy atom. The van der Waals surface area contributed by atoms with Crippen molar-refractivity contribution in [2.45, 2.75) is 24.9 Å². The van der Waals surface area contributed by atoms with Gasteiger partial charge in [-0.2, -0.15) is 13.2 Å². The molecule has 0 amide bonds. The maximum absolute atomic E-state index is 14.1. The maximum atomic E-state index is 14.1. The molecule has 1 aromatic carbocycles. The van der Waals surface area contributed by atoms with E-state index in [2.05, 4.69) is 9.72 Å². The molecule has 0 unspecified atom stereocenters. The van der Waals surface area contributed by atoms with E-state index in [0.29, 0.717) is 19.1 Å². The fourth-order valence-corrected chi connectivity index (χ4v) is 2.50. The fourth-order valence-electron chi connectivity index (χ4n) is 2.50. The van der Waals surface area contributed by atoms with Gasteiger partial charge in [0.2, 0.25) is 0 Å². The van der Waals surface area contributed by atoms with E-state index in [0.717, 1.165) is 18.9 Å². The first-order valence-electron chi connectivity index (χ1n) is 7.45. The Kier molecular flexibility index (Phi) is 4.75. The number of hydrogen-bond acceptors (Lipinski definition) is 4. The highest BCUT2D eigenvalue weighted by molar-refractivity contribution is 5.58. The number of hydrogen-bond donors (Lipinski definition) is 0. The fraction of sp³-hybridized carbons (Fsp3) is 0.438. The van der Waals surface area contributed by atoms with Crippen molar-refractivity contribution < 1.29 is 31.5 Å². The number of benzene rings is 1. The molecule has 0 radical (unpaired) electrons. The van der Waals surface area contributed by atoms with Crippen molar-refractivity contribution in [1.29, 1.82) is 0 Å². The lowest BCUT2D eigenvalue weighted by Gasteiger charge is -2.18. The second-order valence-electron chi connectivity index (χ2n) is 5.49. The summed E-state index contributed by atoms with van der Waals surface area (Å²) in [5, 5.41) is 0. The summed E-state index contributed by atoms with van der Waals surface area (Å²) in [4.78, 5) is 4.18. The van der Waals surface area contributed by atoms with Crippen molar-refractivity contribution in [3.8, 4) is 17.1 Å². The van der Waals surface area contributed by atoms with E-state index < -0.39 is 18.6 Å². The molecule has 1 aromatic heterocycles. The van der Waals surface area contributed by atoms with E-state index in [9.17, 15) is 17.6 Å². The molecule has 1 aliphatic rings. The monoisotopic (exact) mass is 345 g/mol. The van der Waals surface area contributed by atoms with Crippen molar-refractivity contribution in [3.63, 3.8) is 0 Å². The van der Waals surface area contributed by atoms with Gasteiger partial charge in [0.05, 0.1) is 11.8 Å². The molecular formula is C16H15F4NO3. The van der Waals surface area contributed by atoms with Crippen LogP contribution in [0, 0.1) is 5.82 Å². The first kappa shape index (κ1) is 16.8. The van der Waals surface area contributed by atoms with Crippen LogP contribution in [-0.4, -0.2) is 31.0 Å². The molecule has 0 spiro atoms. The Balaban J connectivity index is 1.74. The summed E-state index contributed by atoms with van der Waals surface area (Å²) in [6.45, 7) is -0.216. The van der Waals surface area contributed by atoms with Crippen LogP contribution < -0.4 is 4.74 Å². The number of aromatic nitrogens is 1. The quantitative estimate of drug-likeness (QED) is 0.775. The molecule has 0 saturated carbocycles. The van der Waals surface area contributed by atoms with Crippen LogP contribution >= 0.6 is 0 Å². The SMILES string of the molecule is Fc1cc(OCC(F)(F)F)ccc1-c1cnc(C2CCOCC2)o1. The van der Waals surface area contributed by atoms with E-state index in [1.54, 1.807) is 0 Å². The summed E-state index contributed by atoms with van der Waals surface area (Å²) in [6, 6.07) is 3.48. The molecule has 0 aliphatic carbocycles. The van der Waals surface area contributed by atoms with E-state index in [-0.39, 0.29) is 23.0 Å². The third kappa shape index (κ3) is 4.05. The first-order valence-corrected chi connectivity index (χ1v) is 7.45. The number of ether oxygens (including phenoxy) is 2. The van der Waals surface area contributed by atoms with Gasteiger partial charge < -0.3 is 13.9 Å². The van der Waals surface area contributed by atoms with E-state index in [4.69, 9.17) is 9.15 Å². The Hall–Kier alpha value is -2.09. The lowest BCUT2D eigenvalue weighted by molar-refractivity contribution is -0.153. The molecule has 1 fully saturated rings. The van der Waals surface area contributed by atoms with Crippen molar-refractivity contribution in [2.75, 3.05) is 19.8 Å². The van der Waals surface area contributed by atoms with E-state index in [1.165, 1.54) is 18.3 Å². The van der Waals surface area contributed by atoms with E-state index >= 15 is 0 Å². The minimum Gasteiger partial charge on any atom is -0.484 e. The third-order valence-corrected chi connectivity index (χ3v) is 3.70. The second-order valence-corrected chi connectivity index (χ2v) is 5.49. The molecule has 24 heavy (non-hydrogen) atoms. The Morgan fingerprint density at radius 3 is 2.62 bits per heavy atom. The molecule has 3 rings (SSSR count). The van der Waals surface area contributed by atoms with Gasteiger partial charge in [-0.1, -0.05) is 0 Å². The van der Waals surface area contributed by atoms with Crippen LogP contribution in [0.15, 0.2) is 28.8 Å². The predicted octanol–water partition coefficient (Wildman–Crippen LogP) is 4.32. The highest BCUT2D eigenvalue weighted by Gasteiger charge is 2.28. The van der Waals surface area contributed by atoms with Crippen LogP contribution in [0.3, 0.4) is 0 Å². The molecular weight excluding hydrogens is 330 g/mol. The zero-order valence-corrected chi connectivity index (χ0v) is 12.6. The Bertz CT molecular complexity index is 693. The van der Waals surface area contributed by atoms with Crippen molar-refractivity contribution >= 4 is 0 Å². The van der Waals surface area contributed by atoms with Crippen LogP contribution in [0.5, 0.6) is 5.75 Å². The molecule has 1 saturated heterocycles. The van der Waals surface area contributed by atoms with Crippen LogP contribution in [-0.2, 0) is 4.74 Å². The lowest BCUT2D eigenvalue weighted by atomic mass is 10.0. The summed E-state index contributed by atoms with van der Waals surface area (Å²) < 4.78 is 65.9. The number of rotatable bonds is 4. The van der Waals surface area contributed by atoms with Crippen LogP contribution in [0.1, 0.15) is 24.7 Å². The molecule has 0 N–H and O–H groups in total. The summed E-state index contributed by atoms with van der Waals surface area (Å²) in [6.07, 6.45) is -1.49. The first-order chi connectivity index (χ1) is 11.4. The van der Waals surface area contributed by atoms with E-state index in [1.807, 2.05) is 0 Å². The number of oxazole rings is 1. The standard InChI is InChI=1S/C16H15F4NO3/c17-13-7-11(23-9-16(18,19)20)1-2-12(13)14-8-21-15(24-14)10-3-5-22-6-4-10/h1-2,7-8,10H,3-6,9H2. The van der Waals surface area contributed by atoms with Crippen LogP contribution in [0.25, 0.3) is 11.3 Å². The molecule has 8 heteroatoms. The second kappa shape index (κ2) is 6.80. The van der Waals surface area contributed by atoms with Crippen LogP contribution in [0.2, 0.25) is 0 Å². The average Bonchev–Trinajstić information content (AvgIpc) is 3.03. The third-order valence-electron chi connectivity index (χ3n) is 3.70. The highest BCUT2D eigenvalue weighted by atomic mass is 19.4. The van der Waals surface area contributed by atoms with Gasteiger partial charge in [-0.05, 0) is 25.0 Å². The topological polar surface area (TPSA) is 44.5 Å². The molecule has 4 nitrogen and oxygen atoms in total. The summed E-state index contributed by atoms with van der Waals surface area (Å²) in [5.41, 5.74) is 0.125. The molecule has 1 aliphatic heterocycles. The largest absolute Gasteiger partial charge is 0.484 e. The summed E-state index contributed by atoms with van der Waals surface area (Å²) in [7, 11) is 0. The molecule has 0 atom stereocenters. The van der Waals surface area contributed by atoms with Crippen molar-refractivity contribution in [2.24, 2.45) is 0 Å². The number of alkyl halides is 3. The van der Waals surface area contributed by atoms with Gasteiger partial charge in [-0.25, -0.2) is 9.37 Å². The van der Waals surface area contributed by atoms with Gasteiger partial charge in [-0.15, -0.1) is 0 Å². The smallest absolute Gasteiger partial charge is 0.422 e. The minimum absolute atomic E-state index is 0.125. The van der Waals surface area contributed by atoms with Crippen molar-refractivity contribution in [1.82, 2.24) is 4.98 Å². The van der Waals surface area contributed by atoms with Crippen LogP contribution in [0.4, 0.5) is 17.6 Å². The zero-order chi connectivity index (χ0) is 17.2. The number of halogens is 4. The van der Waals surface area contributed by atoms with Gasteiger partial charge in [0.1, 0.15) is 11.6 Å². The minimum atomic E-state index is -4.47. The Labute approximate surface area is 135 Å². The molecule has 2 heterocycles. The predicted molar refractivity (Wildman–Crippen MR) is 76.2 cm³/mol. The summed E-state index contributed by atoms with van der Waals surface area (Å²) in [5.74, 6) is -0.0477. The lowest BCUT2D eigenvalue weighted by Crippen LogP contribution is -2.19. The molecule has 0 bridgehead atoms. The summed E-state index contributed by atoms with van der Waals surface area (Å²) >= 11 is 0. The van der Waals surface area contributed by atoms with Gasteiger partial charge in [-0.3, -0.25) is 0 Å². The molecule has 130 valence electrons. The van der Waals surface area contributed by atoms with Gasteiger partial charge >= 0.3 is 6.18 Å². The normalized spacial score (nSPS) is 16.3. The zero-order valence-electron chi connectivity index (χ0n) is 12.6. The average molecular weight is 345 g/mol. The van der Waals surface area contributed by atoms with Gasteiger partial charge in [0.15, 0.2) is 18.3 Å². The number of nitrogens with zero attached hydrogens (tertiary/aromatic N) is 1. The molecule has 2 aromatic rings. The maximum Gasteiger partial charge on any atom is 0.422 e. The van der Waals surface area contributed by atoms with Crippen molar-refractivity contribution in [3.05, 3.63) is 36.1 Å².